The van der Waals surface area contributed by atoms with Crippen LogP contribution in [0.4, 0.5) is 0 Å². The van der Waals surface area contributed by atoms with Gasteiger partial charge in [-0.1, -0.05) is 51.9 Å². The van der Waals surface area contributed by atoms with Gasteiger partial charge in [0.2, 0.25) is 0 Å². The summed E-state index contributed by atoms with van der Waals surface area (Å²) in [6.45, 7) is 4.45. The number of morpholine rings is 1. The van der Waals surface area contributed by atoms with Gasteiger partial charge in [-0.3, -0.25) is 0 Å². The Morgan fingerprint density at radius 2 is 1.88 bits per heavy atom. The minimum atomic E-state index is 0.229. The highest BCUT2D eigenvalue weighted by Gasteiger charge is 2.39. The summed E-state index contributed by atoms with van der Waals surface area (Å²) in [5.74, 6) is 0. The van der Waals surface area contributed by atoms with Gasteiger partial charge in [-0.2, -0.15) is 0 Å². The number of ether oxygens (including phenoxy) is 1. The van der Waals surface area contributed by atoms with Crippen LogP contribution in [0.3, 0.4) is 0 Å². The molecule has 1 saturated carbocycles. The topological polar surface area (TPSA) is 21.3 Å². The van der Waals surface area contributed by atoms with Crippen molar-refractivity contribution >= 4 is 0 Å². The van der Waals surface area contributed by atoms with Gasteiger partial charge in [0.05, 0.1) is 11.7 Å². The van der Waals surface area contributed by atoms with E-state index >= 15 is 0 Å². The minimum absolute atomic E-state index is 0.229. The molecule has 100 valence electrons. The molecule has 1 aliphatic heterocycles. The van der Waals surface area contributed by atoms with Crippen LogP contribution in [0.15, 0.2) is 0 Å². The average molecular weight is 239 g/mol. The Balaban J connectivity index is 1.63. The molecule has 1 atom stereocenters. The Morgan fingerprint density at radius 1 is 1.12 bits per heavy atom. The number of hydrogen-bond donors (Lipinski definition) is 1. The van der Waals surface area contributed by atoms with Gasteiger partial charge in [-0.25, -0.2) is 0 Å². The number of rotatable bonds is 6. The van der Waals surface area contributed by atoms with E-state index in [4.69, 9.17) is 4.74 Å². The Hall–Kier alpha value is -0.0800. The molecule has 1 aliphatic carbocycles. The molecule has 1 heterocycles. The summed E-state index contributed by atoms with van der Waals surface area (Å²) in [5.41, 5.74) is 0.229. The SMILES string of the molecule is CCCCCCCC1CNCC2(CCCC2)O1. The molecular formula is C15H29NO. The van der Waals surface area contributed by atoms with Crippen molar-refractivity contribution in [2.75, 3.05) is 13.1 Å². The van der Waals surface area contributed by atoms with Gasteiger partial charge in [0.25, 0.3) is 0 Å². The van der Waals surface area contributed by atoms with Gasteiger partial charge in [-0.15, -0.1) is 0 Å². The smallest absolute Gasteiger partial charge is 0.0810 e. The summed E-state index contributed by atoms with van der Waals surface area (Å²) >= 11 is 0. The molecule has 2 rings (SSSR count). The molecule has 1 spiro atoms. The first-order valence-corrected chi connectivity index (χ1v) is 7.73. The van der Waals surface area contributed by atoms with E-state index in [1.54, 1.807) is 0 Å². The second-order valence-electron chi connectivity index (χ2n) is 5.96. The Kier molecular flexibility index (Phi) is 5.30. The lowest BCUT2D eigenvalue weighted by Gasteiger charge is -2.39. The van der Waals surface area contributed by atoms with E-state index in [1.165, 1.54) is 64.2 Å². The first kappa shape index (κ1) is 13.4. The number of unbranched alkanes of at least 4 members (excludes halogenated alkanes) is 4. The third kappa shape index (κ3) is 3.96. The second-order valence-corrected chi connectivity index (χ2v) is 5.96. The molecule has 0 radical (unpaired) electrons. The summed E-state index contributed by atoms with van der Waals surface area (Å²) in [6.07, 6.45) is 13.9. The van der Waals surface area contributed by atoms with E-state index in [2.05, 4.69) is 12.2 Å². The van der Waals surface area contributed by atoms with Crippen molar-refractivity contribution in [3.8, 4) is 0 Å². The molecule has 17 heavy (non-hydrogen) atoms. The quantitative estimate of drug-likeness (QED) is 0.714. The van der Waals surface area contributed by atoms with Gasteiger partial charge in [0.15, 0.2) is 0 Å². The van der Waals surface area contributed by atoms with Crippen LogP contribution in [0, 0.1) is 0 Å². The van der Waals surface area contributed by atoms with Gasteiger partial charge < -0.3 is 10.1 Å². The zero-order valence-corrected chi connectivity index (χ0v) is 11.5. The molecule has 1 saturated heterocycles. The third-order valence-corrected chi connectivity index (χ3v) is 4.38. The largest absolute Gasteiger partial charge is 0.369 e. The van der Waals surface area contributed by atoms with E-state index < -0.39 is 0 Å². The molecule has 0 bridgehead atoms. The molecule has 1 N–H and O–H groups in total. The second kappa shape index (κ2) is 6.75. The Morgan fingerprint density at radius 3 is 2.65 bits per heavy atom. The summed E-state index contributed by atoms with van der Waals surface area (Å²) in [4.78, 5) is 0. The normalized spacial score (nSPS) is 27.7. The first-order valence-electron chi connectivity index (χ1n) is 7.73. The van der Waals surface area contributed by atoms with E-state index in [0.29, 0.717) is 6.10 Å². The van der Waals surface area contributed by atoms with Crippen LogP contribution >= 0.6 is 0 Å². The molecule has 2 fully saturated rings. The van der Waals surface area contributed by atoms with Crippen molar-refractivity contribution < 1.29 is 4.74 Å². The maximum atomic E-state index is 6.38. The molecule has 0 aromatic heterocycles. The molecule has 0 aromatic carbocycles. The highest BCUT2D eigenvalue weighted by atomic mass is 16.5. The fourth-order valence-electron chi connectivity index (χ4n) is 3.35. The Labute approximate surface area is 107 Å². The zero-order chi connectivity index (χ0) is 12.0. The van der Waals surface area contributed by atoms with Crippen molar-refractivity contribution in [1.29, 1.82) is 0 Å². The van der Waals surface area contributed by atoms with Crippen LogP contribution < -0.4 is 5.32 Å². The van der Waals surface area contributed by atoms with E-state index in [-0.39, 0.29) is 5.60 Å². The van der Waals surface area contributed by atoms with Crippen molar-refractivity contribution in [1.82, 2.24) is 5.32 Å². The summed E-state index contributed by atoms with van der Waals surface area (Å²) in [5, 5.41) is 3.59. The maximum absolute atomic E-state index is 6.38. The number of nitrogens with one attached hydrogen (secondary N) is 1. The third-order valence-electron chi connectivity index (χ3n) is 4.38. The van der Waals surface area contributed by atoms with Gasteiger partial charge in [0.1, 0.15) is 0 Å². The van der Waals surface area contributed by atoms with Crippen LogP contribution in [0.2, 0.25) is 0 Å². The molecule has 0 amide bonds. The predicted octanol–water partition coefficient (Wildman–Crippen LogP) is 3.65. The summed E-state index contributed by atoms with van der Waals surface area (Å²) < 4.78 is 6.38. The molecule has 2 nitrogen and oxygen atoms in total. The minimum Gasteiger partial charge on any atom is -0.369 e. The van der Waals surface area contributed by atoms with Crippen LogP contribution in [0.1, 0.15) is 71.1 Å². The molecule has 1 unspecified atom stereocenters. The van der Waals surface area contributed by atoms with E-state index in [0.717, 1.165) is 13.1 Å². The maximum Gasteiger partial charge on any atom is 0.0810 e. The van der Waals surface area contributed by atoms with Gasteiger partial charge in [-0.05, 0) is 19.3 Å². The standard InChI is InChI=1S/C15H29NO/c1-2-3-4-5-6-9-14-12-16-13-15(17-14)10-7-8-11-15/h14,16H,2-13H2,1H3. The van der Waals surface area contributed by atoms with Crippen LogP contribution in [0.25, 0.3) is 0 Å². The fraction of sp³-hybridized carbons (Fsp3) is 1.00. The fourth-order valence-corrected chi connectivity index (χ4v) is 3.35. The summed E-state index contributed by atoms with van der Waals surface area (Å²) in [7, 11) is 0. The van der Waals surface area contributed by atoms with Crippen LogP contribution in [-0.4, -0.2) is 24.8 Å². The highest BCUT2D eigenvalue weighted by molar-refractivity contribution is 4.92. The van der Waals surface area contributed by atoms with E-state index in [1.807, 2.05) is 0 Å². The average Bonchev–Trinajstić information content (AvgIpc) is 2.77. The lowest BCUT2D eigenvalue weighted by atomic mass is 9.98. The predicted molar refractivity (Wildman–Crippen MR) is 72.3 cm³/mol. The van der Waals surface area contributed by atoms with Crippen LogP contribution in [0.5, 0.6) is 0 Å². The highest BCUT2D eigenvalue weighted by Crippen LogP contribution is 2.36. The molecule has 0 aromatic rings. The first-order chi connectivity index (χ1) is 8.35. The zero-order valence-electron chi connectivity index (χ0n) is 11.5. The van der Waals surface area contributed by atoms with Crippen molar-refractivity contribution in [2.45, 2.75) is 82.8 Å². The lowest BCUT2D eigenvalue weighted by Crippen LogP contribution is -2.52. The van der Waals surface area contributed by atoms with Crippen molar-refractivity contribution in [3.05, 3.63) is 0 Å². The summed E-state index contributed by atoms with van der Waals surface area (Å²) in [6, 6.07) is 0. The van der Waals surface area contributed by atoms with E-state index in [9.17, 15) is 0 Å². The number of hydrogen-bond acceptors (Lipinski definition) is 2. The molecule has 2 heteroatoms. The lowest BCUT2D eigenvalue weighted by molar-refractivity contribution is -0.114. The van der Waals surface area contributed by atoms with Gasteiger partial charge in [0, 0.05) is 13.1 Å². The van der Waals surface area contributed by atoms with Crippen molar-refractivity contribution in [3.63, 3.8) is 0 Å². The monoisotopic (exact) mass is 239 g/mol. The van der Waals surface area contributed by atoms with Gasteiger partial charge >= 0.3 is 0 Å². The van der Waals surface area contributed by atoms with Crippen LogP contribution in [-0.2, 0) is 4.74 Å². The molecule has 2 aliphatic rings. The Bertz CT molecular complexity index is 211. The van der Waals surface area contributed by atoms with Crippen molar-refractivity contribution in [2.24, 2.45) is 0 Å². The molecular weight excluding hydrogens is 210 g/mol.